The van der Waals surface area contributed by atoms with Gasteiger partial charge in [-0.3, -0.25) is 0 Å². The van der Waals surface area contributed by atoms with Gasteiger partial charge >= 0.3 is 15.5 Å². The van der Waals surface area contributed by atoms with Crippen LogP contribution in [0.15, 0.2) is 12.2 Å². The van der Waals surface area contributed by atoms with E-state index >= 15 is 0 Å². The number of rotatable bonds is 4. The summed E-state index contributed by atoms with van der Waals surface area (Å²) in [4.78, 5) is 9.51. The number of aliphatic carboxylic acids is 1. The van der Waals surface area contributed by atoms with Crippen LogP contribution in [0.2, 0.25) is 0 Å². The molecule has 0 spiro atoms. The summed E-state index contributed by atoms with van der Waals surface area (Å²) in [6.45, 7) is 1.66. The molecule has 0 aliphatic rings. The van der Waals surface area contributed by atoms with Crippen LogP contribution in [0.1, 0.15) is 6.92 Å². The zero-order valence-corrected chi connectivity index (χ0v) is 11.6. The van der Waals surface area contributed by atoms with Crippen LogP contribution < -0.4 is 0 Å². The predicted molar refractivity (Wildman–Crippen MR) is 50.6 cm³/mol. The molecular weight excluding hydrogens is 293 g/mol. The smallest absolute Gasteiger partial charge is 0.478 e. The monoisotopic (exact) mass is 310 g/mol. The van der Waals surface area contributed by atoms with Gasteiger partial charge in [-0.05, 0) is 6.92 Å². The van der Waals surface area contributed by atoms with Gasteiger partial charge in [-0.1, -0.05) is 6.08 Å². The first-order chi connectivity index (χ1) is 6.12. The molecular formula is C7H16O5RuSi. The Hall–Kier alpha value is -0.0697. The predicted octanol–water partition coefficient (Wildman–Crippen LogP) is 0.287. The molecule has 0 amide bonds. The first kappa shape index (κ1) is 19.5. The zero-order chi connectivity index (χ0) is 10.7. The van der Waals surface area contributed by atoms with Crippen molar-refractivity contribution >= 4 is 15.5 Å². The van der Waals surface area contributed by atoms with Crippen LogP contribution in [0.5, 0.6) is 0 Å². The second-order valence-corrected chi connectivity index (χ2v) is 3.83. The third-order valence-electron chi connectivity index (χ3n) is 0.887. The average molecular weight is 309 g/mol. The fourth-order valence-electron chi connectivity index (χ4n) is 0.431. The molecule has 0 saturated carbocycles. The second kappa shape index (κ2) is 15.4. The van der Waals surface area contributed by atoms with Crippen LogP contribution in [0.25, 0.3) is 0 Å². The summed E-state index contributed by atoms with van der Waals surface area (Å²) in [6.07, 6.45) is 2.56. The van der Waals surface area contributed by atoms with Crippen molar-refractivity contribution in [2.75, 3.05) is 21.3 Å². The van der Waals surface area contributed by atoms with Gasteiger partial charge in [0.05, 0.1) is 0 Å². The van der Waals surface area contributed by atoms with E-state index in [9.17, 15) is 4.79 Å². The van der Waals surface area contributed by atoms with E-state index in [0.717, 1.165) is 6.08 Å². The molecule has 0 aromatic carbocycles. The number of allylic oxidation sites excluding steroid dienone is 1. The number of carbonyl (C=O) groups is 1. The molecule has 0 unspecified atom stereocenters. The summed E-state index contributed by atoms with van der Waals surface area (Å²) >= 11 is 0. The van der Waals surface area contributed by atoms with Crippen LogP contribution in [-0.4, -0.2) is 41.9 Å². The van der Waals surface area contributed by atoms with Crippen LogP contribution >= 0.6 is 0 Å². The minimum absolute atomic E-state index is 0. The van der Waals surface area contributed by atoms with E-state index in [4.69, 9.17) is 18.4 Å². The summed E-state index contributed by atoms with van der Waals surface area (Å²) in [5, 5.41) is 7.83. The molecule has 0 atom stereocenters. The van der Waals surface area contributed by atoms with E-state index < -0.39 is 15.5 Å². The minimum atomic E-state index is -1.67. The quantitative estimate of drug-likeness (QED) is 0.597. The molecule has 14 heavy (non-hydrogen) atoms. The van der Waals surface area contributed by atoms with Gasteiger partial charge in [-0.2, -0.15) is 0 Å². The van der Waals surface area contributed by atoms with Gasteiger partial charge in [0, 0.05) is 46.9 Å². The Morgan fingerprint density at radius 1 is 1.21 bits per heavy atom. The summed E-state index contributed by atoms with van der Waals surface area (Å²) in [5.41, 5.74) is 0. The molecule has 0 radical (unpaired) electrons. The topological polar surface area (TPSA) is 65.0 Å². The van der Waals surface area contributed by atoms with Gasteiger partial charge < -0.3 is 18.4 Å². The van der Waals surface area contributed by atoms with Gasteiger partial charge in [0.15, 0.2) is 0 Å². The Balaban J connectivity index is -0.000000163. The molecule has 0 aliphatic heterocycles. The number of carboxylic acids is 1. The Morgan fingerprint density at radius 2 is 1.57 bits per heavy atom. The Kier molecular flexibility index (Phi) is 21.5. The van der Waals surface area contributed by atoms with E-state index in [0.29, 0.717) is 0 Å². The van der Waals surface area contributed by atoms with E-state index in [1.165, 1.54) is 6.08 Å². The summed E-state index contributed by atoms with van der Waals surface area (Å²) < 4.78 is 14.2. The maximum absolute atomic E-state index is 9.51. The minimum Gasteiger partial charge on any atom is -0.478 e. The van der Waals surface area contributed by atoms with Crippen molar-refractivity contribution in [2.45, 2.75) is 6.92 Å². The fourth-order valence-corrected chi connectivity index (χ4v) is 1.01. The van der Waals surface area contributed by atoms with Crippen LogP contribution in [0.3, 0.4) is 0 Å². The fraction of sp³-hybridized carbons (Fsp3) is 0.571. The Bertz CT molecular complexity index is 144. The van der Waals surface area contributed by atoms with Gasteiger partial charge in [0.1, 0.15) is 0 Å². The van der Waals surface area contributed by atoms with Crippen molar-refractivity contribution in [3.63, 3.8) is 0 Å². The molecule has 0 rings (SSSR count). The third kappa shape index (κ3) is 17.9. The number of hydrogen-bond donors (Lipinski definition) is 1. The molecule has 0 saturated heterocycles. The van der Waals surface area contributed by atoms with Crippen LogP contribution in [0.4, 0.5) is 0 Å². The van der Waals surface area contributed by atoms with Gasteiger partial charge in [0.2, 0.25) is 0 Å². The average Bonchev–Trinajstić information content (AvgIpc) is 2.08. The first-order valence-corrected chi connectivity index (χ1v) is 4.97. The molecule has 0 aliphatic carbocycles. The SMILES string of the molecule is CC=CC(=O)O.CO[SiH](OC)OC.[Ru]. The van der Waals surface area contributed by atoms with Crippen LogP contribution in [-0.2, 0) is 37.6 Å². The maximum atomic E-state index is 9.51. The molecule has 5 nitrogen and oxygen atoms in total. The molecule has 0 fully saturated rings. The first-order valence-electron chi connectivity index (χ1n) is 3.56. The third-order valence-corrected chi connectivity index (χ3v) is 2.04. The number of hydrogen-bond acceptors (Lipinski definition) is 4. The Labute approximate surface area is 98.8 Å². The Morgan fingerprint density at radius 3 is 1.57 bits per heavy atom. The largest absolute Gasteiger partial charge is 0.483 e. The van der Waals surface area contributed by atoms with Crippen molar-refractivity contribution < 1.29 is 42.7 Å². The van der Waals surface area contributed by atoms with E-state index in [1.807, 2.05) is 0 Å². The van der Waals surface area contributed by atoms with Crippen molar-refractivity contribution in [1.29, 1.82) is 0 Å². The van der Waals surface area contributed by atoms with E-state index in [-0.39, 0.29) is 19.5 Å². The zero-order valence-electron chi connectivity index (χ0n) is 8.67. The molecule has 0 bridgehead atoms. The molecule has 86 valence electrons. The standard InChI is InChI=1S/C4H6O2.C3H10O3Si.Ru/c1-2-3-4(5)6;1-4-7(5-2)6-3;/h2-3H,1H3,(H,5,6);7H,1-3H3;. The molecule has 0 aromatic heterocycles. The number of carboxylic acid groups (broad SMARTS) is 1. The second-order valence-electron chi connectivity index (χ2n) is 1.83. The molecule has 0 heterocycles. The van der Waals surface area contributed by atoms with Crippen molar-refractivity contribution in [3.05, 3.63) is 12.2 Å². The van der Waals surface area contributed by atoms with Crippen molar-refractivity contribution in [3.8, 4) is 0 Å². The van der Waals surface area contributed by atoms with Crippen molar-refractivity contribution in [1.82, 2.24) is 0 Å². The van der Waals surface area contributed by atoms with E-state index in [2.05, 4.69) is 0 Å². The molecule has 1 N–H and O–H groups in total. The van der Waals surface area contributed by atoms with Gasteiger partial charge in [-0.15, -0.1) is 0 Å². The van der Waals surface area contributed by atoms with Gasteiger partial charge in [0.25, 0.3) is 0 Å². The van der Waals surface area contributed by atoms with Gasteiger partial charge in [-0.25, -0.2) is 4.79 Å². The summed E-state index contributed by atoms with van der Waals surface area (Å²) in [7, 11) is 3.05. The normalized spacial score (nSPS) is 9.21. The van der Waals surface area contributed by atoms with Crippen molar-refractivity contribution in [2.24, 2.45) is 0 Å². The summed E-state index contributed by atoms with van der Waals surface area (Å²) in [5.74, 6) is -0.891. The molecule has 0 aromatic rings. The maximum Gasteiger partial charge on any atom is 0.483 e. The summed E-state index contributed by atoms with van der Waals surface area (Å²) in [6, 6.07) is 0. The van der Waals surface area contributed by atoms with E-state index in [1.54, 1.807) is 28.3 Å². The van der Waals surface area contributed by atoms with Crippen LogP contribution in [0, 0.1) is 0 Å². The molecule has 7 heteroatoms.